The lowest BCUT2D eigenvalue weighted by molar-refractivity contribution is -0.170. The van der Waals surface area contributed by atoms with Crippen molar-refractivity contribution in [3.8, 4) is 11.5 Å². The number of ether oxygens (including phenoxy) is 5. The van der Waals surface area contributed by atoms with Gasteiger partial charge in [-0.15, -0.1) is 0 Å². The summed E-state index contributed by atoms with van der Waals surface area (Å²) in [6.07, 6.45) is -0.644. The molecule has 0 aliphatic carbocycles. The number of aromatic nitrogens is 1. The van der Waals surface area contributed by atoms with E-state index in [0.717, 1.165) is 11.1 Å². The van der Waals surface area contributed by atoms with E-state index < -0.39 is 42.0 Å². The summed E-state index contributed by atoms with van der Waals surface area (Å²) in [7, 11) is 1.36. The Morgan fingerprint density at radius 2 is 1.64 bits per heavy atom. The van der Waals surface area contributed by atoms with Gasteiger partial charge in [-0.3, -0.25) is 4.79 Å². The number of hydrogen-bond donors (Lipinski definition) is 2. The fraction of sp³-hybridized carbons (Fsp3) is 0.345. The number of carbonyl (C=O) groups is 2. The van der Waals surface area contributed by atoms with Gasteiger partial charge in [0.2, 0.25) is 0 Å². The van der Waals surface area contributed by atoms with Gasteiger partial charge in [-0.25, -0.2) is 9.78 Å². The summed E-state index contributed by atoms with van der Waals surface area (Å²) in [5.41, 5.74) is 1.64. The number of rotatable bonds is 9. The molecular weight excluding hydrogens is 504 g/mol. The lowest BCUT2D eigenvalue weighted by Gasteiger charge is -2.30. The van der Waals surface area contributed by atoms with Crippen molar-refractivity contribution < 1.29 is 38.4 Å². The lowest BCUT2D eigenvalue weighted by Crippen LogP contribution is -2.47. The van der Waals surface area contributed by atoms with E-state index in [1.807, 2.05) is 60.7 Å². The Bertz CT molecular complexity index is 1220. The molecule has 206 valence electrons. The van der Waals surface area contributed by atoms with E-state index >= 15 is 0 Å². The minimum Gasteiger partial charge on any atom is -0.503 e. The van der Waals surface area contributed by atoms with Gasteiger partial charge in [0, 0.05) is 12.3 Å². The van der Waals surface area contributed by atoms with E-state index in [-0.39, 0.29) is 31.3 Å². The van der Waals surface area contributed by atoms with Gasteiger partial charge in [0.25, 0.3) is 5.91 Å². The zero-order valence-corrected chi connectivity index (χ0v) is 21.8. The summed E-state index contributed by atoms with van der Waals surface area (Å²) in [6, 6.07) is 19.6. The number of nitrogens with zero attached hydrogens (tertiary/aromatic N) is 1. The Morgan fingerprint density at radius 1 is 1.00 bits per heavy atom. The van der Waals surface area contributed by atoms with Crippen LogP contribution in [0, 0.1) is 0 Å². The smallest absolute Gasteiger partial charge is 0.331 e. The van der Waals surface area contributed by atoms with E-state index in [1.54, 1.807) is 6.92 Å². The molecule has 0 bridgehead atoms. The first-order chi connectivity index (χ1) is 19.0. The minimum absolute atomic E-state index is 0.0777. The van der Waals surface area contributed by atoms with Gasteiger partial charge in [-0.2, -0.15) is 0 Å². The lowest BCUT2D eigenvalue weighted by atomic mass is 10.1. The van der Waals surface area contributed by atoms with Crippen LogP contribution in [0.3, 0.4) is 0 Å². The zero-order valence-electron chi connectivity index (χ0n) is 21.8. The van der Waals surface area contributed by atoms with E-state index in [2.05, 4.69) is 10.3 Å². The first kappa shape index (κ1) is 28.0. The van der Waals surface area contributed by atoms with Gasteiger partial charge in [0.05, 0.1) is 33.5 Å². The summed E-state index contributed by atoms with van der Waals surface area (Å²) < 4.78 is 29.0. The molecule has 1 aromatic heterocycles. The van der Waals surface area contributed by atoms with Gasteiger partial charge < -0.3 is 34.1 Å². The number of amides is 1. The third kappa shape index (κ3) is 7.53. The first-order valence-corrected chi connectivity index (χ1v) is 12.6. The molecule has 4 atom stereocenters. The van der Waals surface area contributed by atoms with E-state index in [1.165, 1.54) is 19.4 Å². The topological polar surface area (TPSA) is 125 Å². The van der Waals surface area contributed by atoms with Gasteiger partial charge in [-0.1, -0.05) is 60.7 Å². The number of esters is 1. The number of nitrogens with one attached hydrogen (secondary N) is 1. The van der Waals surface area contributed by atoms with Gasteiger partial charge >= 0.3 is 5.97 Å². The van der Waals surface area contributed by atoms with Crippen molar-refractivity contribution in [1.29, 1.82) is 0 Å². The predicted molar refractivity (Wildman–Crippen MR) is 140 cm³/mol. The summed E-state index contributed by atoms with van der Waals surface area (Å²) in [5, 5.41) is 12.8. The monoisotopic (exact) mass is 536 g/mol. The molecule has 2 heterocycles. The molecule has 1 aliphatic heterocycles. The molecule has 1 fully saturated rings. The SMILES string of the molecule is COc1ccnc(C(=O)N[C@@H]2COC[C@H](OCc3ccccc3)[C@@H](OCc3ccccc3)[C@@H](C)OC2=O)c1O. The van der Waals surface area contributed by atoms with Crippen LogP contribution >= 0.6 is 0 Å². The Hall–Kier alpha value is -3.99. The molecule has 0 saturated carbocycles. The number of cyclic esters (lactones) is 1. The summed E-state index contributed by atoms with van der Waals surface area (Å²) in [4.78, 5) is 29.9. The highest BCUT2D eigenvalue weighted by molar-refractivity contribution is 5.98. The van der Waals surface area contributed by atoms with Crippen molar-refractivity contribution in [3.63, 3.8) is 0 Å². The molecule has 39 heavy (non-hydrogen) atoms. The third-order valence-corrected chi connectivity index (χ3v) is 6.20. The van der Waals surface area contributed by atoms with E-state index in [9.17, 15) is 14.7 Å². The number of carbonyl (C=O) groups excluding carboxylic acids is 2. The molecule has 0 unspecified atom stereocenters. The Balaban J connectivity index is 1.49. The second kappa shape index (κ2) is 13.7. The largest absolute Gasteiger partial charge is 0.503 e. The first-order valence-electron chi connectivity index (χ1n) is 12.6. The Labute approximate surface area is 226 Å². The molecule has 0 radical (unpaired) electrons. The van der Waals surface area contributed by atoms with Crippen molar-refractivity contribution >= 4 is 11.9 Å². The Kier molecular flexibility index (Phi) is 9.85. The highest BCUT2D eigenvalue weighted by atomic mass is 16.6. The van der Waals surface area contributed by atoms with Gasteiger partial charge in [0.1, 0.15) is 18.3 Å². The number of benzene rings is 2. The van der Waals surface area contributed by atoms with Crippen molar-refractivity contribution in [3.05, 3.63) is 89.7 Å². The van der Waals surface area contributed by atoms with Crippen molar-refractivity contribution in [2.45, 2.75) is 44.5 Å². The molecule has 1 saturated heterocycles. The number of aromatic hydroxyl groups is 1. The molecule has 1 amide bonds. The molecule has 3 aromatic rings. The van der Waals surface area contributed by atoms with Crippen LogP contribution in [-0.4, -0.2) is 66.6 Å². The molecule has 10 heteroatoms. The van der Waals surface area contributed by atoms with Crippen molar-refractivity contribution in [2.24, 2.45) is 0 Å². The minimum atomic E-state index is -1.16. The number of hydrogen-bond acceptors (Lipinski definition) is 9. The summed E-state index contributed by atoms with van der Waals surface area (Å²) in [6.45, 7) is 2.20. The van der Waals surface area contributed by atoms with Crippen LogP contribution in [-0.2, 0) is 37.0 Å². The zero-order chi connectivity index (χ0) is 27.6. The van der Waals surface area contributed by atoms with Crippen LogP contribution in [0.5, 0.6) is 11.5 Å². The second-order valence-corrected chi connectivity index (χ2v) is 9.01. The summed E-state index contributed by atoms with van der Waals surface area (Å²) in [5.74, 6) is -1.85. The molecule has 0 spiro atoms. The third-order valence-electron chi connectivity index (χ3n) is 6.20. The molecule has 1 aliphatic rings. The molecule has 2 aromatic carbocycles. The maximum atomic E-state index is 13.1. The predicted octanol–water partition coefficient (Wildman–Crippen LogP) is 3.03. The van der Waals surface area contributed by atoms with Crippen LogP contribution in [0.2, 0.25) is 0 Å². The maximum Gasteiger partial charge on any atom is 0.331 e. The van der Waals surface area contributed by atoms with Crippen molar-refractivity contribution in [2.75, 3.05) is 20.3 Å². The molecule has 10 nitrogen and oxygen atoms in total. The molecular formula is C29H32N2O8. The standard InChI is InChI=1S/C29H32N2O8/c1-19-27(38-16-21-11-7-4-8-12-21)24(37-15-20-9-5-3-6-10-20)18-36-17-22(29(34)39-19)31-28(33)25-26(32)23(35-2)13-14-30-25/h3-14,19,22,24,27,32H,15-18H2,1-2H3,(H,31,33)/t19-,22-,24+,27+/m1/s1. The van der Waals surface area contributed by atoms with Crippen LogP contribution in [0.4, 0.5) is 0 Å². The average Bonchev–Trinajstić information content (AvgIpc) is 3.00. The van der Waals surface area contributed by atoms with Crippen LogP contribution in [0.1, 0.15) is 28.5 Å². The fourth-order valence-electron chi connectivity index (χ4n) is 4.12. The molecule has 2 N–H and O–H groups in total. The Morgan fingerprint density at radius 3 is 2.28 bits per heavy atom. The summed E-state index contributed by atoms with van der Waals surface area (Å²) >= 11 is 0. The average molecular weight is 537 g/mol. The quantitative estimate of drug-likeness (QED) is 0.397. The van der Waals surface area contributed by atoms with Gasteiger partial charge in [-0.05, 0) is 18.1 Å². The highest BCUT2D eigenvalue weighted by Gasteiger charge is 2.36. The fourth-order valence-corrected chi connectivity index (χ4v) is 4.12. The maximum absolute atomic E-state index is 13.1. The van der Waals surface area contributed by atoms with E-state index in [4.69, 9.17) is 23.7 Å². The number of methoxy groups -OCH3 is 1. The van der Waals surface area contributed by atoms with Crippen LogP contribution < -0.4 is 10.1 Å². The second-order valence-electron chi connectivity index (χ2n) is 9.01. The number of pyridine rings is 1. The van der Waals surface area contributed by atoms with Crippen molar-refractivity contribution in [1.82, 2.24) is 10.3 Å². The molecule has 4 rings (SSSR count). The van der Waals surface area contributed by atoms with Crippen LogP contribution in [0.25, 0.3) is 0 Å². The normalized spacial score (nSPS) is 21.6. The highest BCUT2D eigenvalue weighted by Crippen LogP contribution is 2.27. The van der Waals surface area contributed by atoms with E-state index in [0.29, 0.717) is 6.61 Å². The van der Waals surface area contributed by atoms with Gasteiger partial charge in [0.15, 0.2) is 23.2 Å². The van der Waals surface area contributed by atoms with Crippen LogP contribution in [0.15, 0.2) is 72.9 Å².